The molecule has 3 heteroatoms. The minimum atomic E-state index is 0.408. The van der Waals surface area contributed by atoms with E-state index in [2.05, 4.69) is 30.3 Å². The van der Waals surface area contributed by atoms with Crippen molar-refractivity contribution in [3.63, 3.8) is 0 Å². The van der Waals surface area contributed by atoms with E-state index in [4.69, 9.17) is 0 Å². The van der Waals surface area contributed by atoms with Crippen LogP contribution in [0.5, 0.6) is 0 Å². The van der Waals surface area contributed by atoms with E-state index >= 15 is 0 Å². The van der Waals surface area contributed by atoms with Crippen LogP contribution in [0.4, 0.5) is 0 Å². The summed E-state index contributed by atoms with van der Waals surface area (Å²) in [7, 11) is 0. The van der Waals surface area contributed by atoms with E-state index in [-0.39, 0.29) is 0 Å². The molecule has 2 atom stereocenters. The van der Waals surface area contributed by atoms with Crippen LogP contribution >= 0.6 is 11.8 Å². The quantitative estimate of drug-likeness (QED) is 0.735. The van der Waals surface area contributed by atoms with Crippen LogP contribution in [0.1, 0.15) is 39.5 Å². The second-order valence-corrected chi connectivity index (χ2v) is 6.94. The Morgan fingerprint density at radius 1 is 1.41 bits per heavy atom. The molecule has 0 spiro atoms. The summed E-state index contributed by atoms with van der Waals surface area (Å²) in [5.41, 5.74) is 0.408. The van der Waals surface area contributed by atoms with Crippen LogP contribution in [0.15, 0.2) is 0 Å². The van der Waals surface area contributed by atoms with E-state index in [0.717, 1.165) is 12.0 Å². The van der Waals surface area contributed by atoms with Crippen LogP contribution in [0, 0.1) is 5.92 Å². The van der Waals surface area contributed by atoms with Gasteiger partial charge in [0.2, 0.25) is 0 Å². The van der Waals surface area contributed by atoms with Crippen LogP contribution in [0.3, 0.4) is 0 Å². The van der Waals surface area contributed by atoms with Gasteiger partial charge in [-0.2, -0.15) is 11.8 Å². The average Bonchev–Trinajstić information content (AvgIpc) is 3.14. The van der Waals surface area contributed by atoms with Gasteiger partial charge in [0.15, 0.2) is 0 Å². The van der Waals surface area contributed by atoms with Crippen molar-refractivity contribution in [3.8, 4) is 0 Å². The molecule has 2 unspecified atom stereocenters. The molecule has 1 aliphatic heterocycles. The molecular weight excluding hydrogens is 228 g/mol. The Balaban J connectivity index is 1.88. The molecule has 1 aliphatic carbocycles. The molecule has 0 aromatic carbocycles. The molecule has 0 aromatic heterocycles. The van der Waals surface area contributed by atoms with Gasteiger partial charge in [-0.1, -0.05) is 6.92 Å². The number of nitrogens with zero attached hydrogens (tertiary/aromatic N) is 1. The molecule has 0 bridgehead atoms. The highest BCUT2D eigenvalue weighted by molar-refractivity contribution is 7.98. The normalized spacial score (nSPS) is 35.1. The maximum atomic E-state index is 3.83. The highest BCUT2D eigenvalue weighted by Gasteiger charge is 2.45. The molecule has 1 heterocycles. The van der Waals surface area contributed by atoms with Gasteiger partial charge in [-0.3, -0.25) is 4.90 Å². The first kappa shape index (κ1) is 13.7. The zero-order valence-corrected chi connectivity index (χ0v) is 12.5. The lowest BCUT2D eigenvalue weighted by Gasteiger charge is -2.46. The summed E-state index contributed by atoms with van der Waals surface area (Å²) < 4.78 is 0. The van der Waals surface area contributed by atoms with Crippen molar-refractivity contribution in [3.05, 3.63) is 0 Å². The molecule has 0 radical (unpaired) electrons. The van der Waals surface area contributed by atoms with Crippen LogP contribution in [-0.4, -0.2) is 48.1 Å². The van der Waals surface area contributed by atoms with Gasteiger partial charge >= 0.3 is 0 Å². The Bertz CT molecular complexity index is 242. The van der Waals surface area contributed by atoms with E-state index in [1.165, 1.54) is 51.1 Å². The van der Waals surface area contributed by atoms with Crippen molar-refractivity contribution in [2.24, 2.45) is 5.92 Å². The summed E-state index contributed by atoms with van der Waals surface area (Å²) >= 11 is 1.98. The van der Waals surface area contributed by atoms with Gasteiger partial charge in [-0.25, -0.2) is 0 Å². The van der Waals surface area contributed by atoms with Crippen molar-refractivity contribution < 1.29 is 0 Å². The molecule has 0 amide bonds. The van der Waals surface area contributed by atoms with Gasteiger partial charge in [0.1, 0.15) is 0 Å². The van der Waals surface area contributed by atoms with Crippen molar-refractivity contribution in [1.82, 2.24) is 10.2 Å². The largest absolute Gasteiger partial charge is 0.308 e. The number of nitrogens with one attached hydrogen (secondary N) is 1. The number of hydrogen-bond donors (Lipinski definition) is 1. The number of hydrogen-bond acceptors (Lipinski definition) is 3. The number of rotatable bonds is 6. The average molecular weight is 256 g/mol. The lowest BCUT2D eigenvalue weighted by molar-refractivity contribution is 0.0733. The lowest BCUT2D eigenvalue weighted by Crippen LogP contribution is -2.63. The summed E-state index contributed by atoms with van der Waals surface area (Å²) in [6.45, 7) is 8.53. The van der Waals surface area contributed by atoms with Crippen LogP contribution < -0.4 is 5.32 Å². The molecule has 2 aliphatic rings. The second kappa shape index (κ2) is 5.94. The summed E-state index contributed by atoms with van der Waals surface area (Å²) in [5.74, 6) is 2.25. The van der Waals surface area contributed by atoms with Crippen LogP contribution in [-0.2, 0) is 0 Å². The molecular formula is C14H28N2S. The molecule has 17 heavy (non-hydrogen) atoms. The fourth-order valence-corrected chi connectivity index (χ4v) is 3.57. The van der Waals surface area contributed by atoms with Gasteiger partial charge in [-0.05, 0) is 57.1 Å². The fraction of sp³-hybridized carbons (Fsp3) is 1.00. The van der Waals surface area contributed by atoms with E-state index < -0.39 is 0 Å². The summed E-state index contributed by atoms with van der Waals surface area (Å²) in [4.78, 5) is 2.76. The van der Waals surface area contributed by atoms with Gasteiger partial charge in [0.25, 0.3) is 0 Å². The predicted molar refractivity (Wildman–Crippen MR) is 77.8 cm³/mol. The maximum absolute atomic E-state index is 3.83. The minimum Gasteiger partial charge on any atom is -0.308 e. The first-order valence-corrected chi connectivity index (χ1v) is 8.57. The highest BCUT2D eigenvalue weighted by Crippen LogP contribution is 2.41. The van der Waals surface area contributed by atoms with Crippen LogP contribution in [0.25, 0.3) is 0 Å². The van der Waals surface area contributed by atoms with Crippen molar-refractivity contribution >= 4 is 11.8 Å². The molecule has 2 nitrogen and oxygen atoms in total. The van der Waals surface area contributed by atoms with Crippen LogP contribution in [0.2, 0.25) is 0 Å². The van der Waals surface area contributed by atoms with Gasteiger partial charge in [0, 0.05) is 24.7 Å². The first-order chi connectivity index (χ1) is 8.19. The monoisotopic (exact) mass is 256 g/mol. The van der Waals surface area contributed by atoms with Gasteiger partial charge < -0.3 is 5.32 Å². The lowest BCUT2D eigenvalue weighted by atomic mass is 9.90. The Hall–Kier alpha value is 0.270. The third kappa shape index (κ3) is 3.39. The molecule has 2 fully saturated rings. The standard InChI is InChI=1S/C14H28N2S/c1-4-13-10-15-14(2,12-6-7-12)11-16(13)8-5-9-17-3/h12-13,15H,4-11H2,1-3H3. The third-order valence-corrected chi connectivity index (χ3v) is 5.23. The van der Waals surface area contributed by atoms with Gasteiger partial charge in [-0.15, -0.1) is 0 Å². The van der Waals surface area contributed by atoms with Crippen molar-refractivity contribution in [1.29, 1.82) is 0 Å². The van der Waals surface area contributed by atoms with E-state index in [9.17, 15) is 0 Å². The SMILES string of the molecule is CCC1CNC(C)(C2CC2)CN1CCCSC. The molecule has 1 saturated carbocycles. The fourth-order valence-electron chi connectivity index (χ4n) is 3.16. The maximum Gasteiger partial charge on any atom is 0.0309 e. The summed E-state index contributed by atoms with van der Waals surface area (Å²) in [6, 6.07) is 0.767. The Labute approximate surface area is 111 Å². The zero-order chi connectivity index (χ0) is 12.3. The zero-order valence-electron chi connectivity index (χ0n) is 11.7. The molecule has 1 N–H and O–H groups in total. The van der Waals surface area contributed by atoms with Crippen molar-refractivity contribution in [2.75, 3.05) is 31.6 Å². The predicted octanol–water partition coefficient (Wildman–Crippen LogP) is 2.59. The molecule has 1 saturated heterocycles. The topological polar surface area (TPSA) is 15.3 Å². The first-order valence-electron chi connectivity index (χ1n) is 7.17. The second-order valence-electron chi connectivity index (χ2n) is 5.95. The molecule has 0 aromatic rings. The van der Waals surface area contributed by atoms with E-state index in [0.29, 0.717) is 5.54 Å². The Morgan fingerprint density at radius 3 is 2.76 bits per heavy atom. The number of thioether (sulfide) groups is 1. The number of piperazine rings is 1. The Morgan fingerprint density at radius 2 is 2.18 bits per heavy atom. The third-order valence-electron chi connectivity index (χ3n) is 4.53. The van der Waals surface area contributed by atoms with E-state index in [1.807, 2.05) is 11.8 Å². The molecule has 100 valence electrons. The summed E-state index contributed by atoms with van der Waals surface area (Å²) in [6.07, 6.45) is 7.73. The minimum absolute atomic E-state index is 0.408. The Kier molecular flexibility index (Phi) is 4.79. The van der Waals surface area contributed by atoms with Gasteiger partial charge in [0.05, 0.1) is 0 Å². The van der Waals surface area contributed by atoms with E-state index in [1.54, 1.807) is 0 Å². The highest BCUT2D eigenvalue weighted by atomic mass is 32.2. The molecule has 2 rings (SSSR count). The smallest absolute Gasteiger partial charge is 0.0309 e. The summed E-state index contributed by atoms with van der Waals surface area (Å²) in [5, 5.41) is 3.83. The van der Waals surface area contributed by atoms with Crippen molar-refractivity contribution in [2.45, 2.75) is 51.1 Å².